The van der Waals surface area contributed by atoms with Crippen LogP contribution >= 0.6 is 11.3 Å². The lowest BCUT2D eigenvalue weighted by molar-refractivity contribution is 0.271. The summed E-state index contributed by atoms with van der Waals surface area (Å²) in [4.78, 5) is 12.7. The number of anilines is 2. The summed E-state index contributed by atoms with van der Waals surface area (Å²) in [5, 5.41) is 12.4. The van der Waals surface area contributed by atoms with Gasteiger partial charge < -0.3 is 15.8 Å². The lowest BCUT2D eigenvalue weighted by Crippen LogP contribution is -2.11. The Kier molecular flexibility index (Phi) is 4.93. The first-order valence-electron chi connectivity index (χ1n) is 10.0. The molecule has 2 aliphatic rings. The maximum atomic E-state index is 14.8. The topological polar surface area (TPSA) is 112 Å². The third-order valence-electron chi connectivity index (χ3n) is 5.50. The average Bonchev–Trinajstić information content (AvgIpc) is 3.14. The number of halogens is 1. The number of fused-ring (bicyclic) bond motifs is 1. The van der Waals surface area contributed by atoms with Gasteiger partial charge in [0.2, 0.25) is 11.8 Å². The van der Waals surface area contributed by atoms with Crippen LogP contribution in [0.15, 0.2) is 12.1 Å². The van der Waals surface area contributed by atoms with Gasteiger partial charge in [0.25, 0.3) is 5.88 Å². The van der Waals surface area contributed by atoms with Gasteiger partial charge in [0.15, 0.2) is 5.82 Å². The average molecular weight is 428 g/mol. The molecule has 0 amide bonds. The molecular formula is C20H22FN7OS. The van der Waals surface area contributed by atoms with Crippen LogP contribution in [0.3, 0.4) is 0 Å². The molecule has 10 heteroatoms. The van der Waals surface area contributed by atoms with Crippen molar-refractivity contribution in [2.75, 3.05) is 17.7 Å². The zero-order valence-corrected chi connectivity index (χ0v) is 17.4. The van der Waals surface area contributed by atoms with Crippen molar-refractivity contribution in [1.82, 2.24) is 25.1 Å². The number of nitrogen functional groups attached to an aromatic ring is 1. The largest absolute Gasteiger partial charge is 0.475 e. The van der Waals surface area contributed by atoms with Gasteiger partial charge in [-0.15, -0.1) is 10.2 Å². The molecule has 2 aliphatic carbocycles. The van der Waals surface area contributed by atoms with Crippen LogP contribution in [-0.4, -0.2) is 31.8 Å². The van der Waals surface area contributed by atoms with E-state index in [2.05, 4.69) is 37.6 Å². The molecule has 0 bridgehead atoms. The highest BCUT2D eigenvalue weighted by Crippen LogP contribution is 2.47. The number of aryl methyl sites for hydroxylation is 3. The Balaban J connectivity index is 1.21. The zero-order chi connectivity index (χ0) is 20.7. The van der Waals surface area contributed by atoms with Crippen LogP contribution in [0, 0.1) is 18.7 Å². The van der Waals surface area contributed by atoms with Crippen molar-refractivity contribution in [1.29, 1.82) is 0 Å². The Morgan fingerprint density at radius 1 is 1.23 bits per heavy atom. The predicted octanol–water partition coefficient (Wildman–Crippen LogP) is 3.04. The number of rotatable bonds is 7. The standard InChI is InChI=1S/C20H22FN7OS/c1-10-27-28-16(30-10)8-23-18-17(21)19(26-20(22)25-18)29-9-12-7-13(12)15-6-5-11-3-2-4-14(11)24-15/h5-6,12-13H,2-4,7-9H2,1H3,(H3,22,23,25,26). The summed E-state index contributed by atoms with van der Waals surface area (Å²) < 4.78 is 20.5. The van der Waals surface area contributed by atoms with Gasteiger partial charge in [0.05, 0.1) is 13.2 Å². The second-order valence-electron chi connectivity index (χ2n) is 7.73. The molecule has 0 aromatic carbocycles. The van der Waals surface area contributed by atoms with Gasteiger partial charge in [-0.25, -0.2) is 0 Å². The van der Waals surface area contributed by atoms with Crippen molar-refractivity contribution >= 4 is 23.1 Å². The van der Waals surface area contributed by atoms with E-state index in [0.717, 1.165) is 35.0 Å². The lowest BCUT2D eigenvalue weighted by atomic mass is 10.1. The highest BCUT2D eigenvalue weighted by Gasteiger charge is 2.40. The molecule has 0 aliphatic heterocycles. The van der Waals surface area contributed by atoms with E-state index in [1.54, 1.807) is 0 Å². The Morgan fingerprint density at radius 3 is 2.97 bits per heavy atom. The molecule has 2 atom stereocenters. The Labute approximate surface area is 177 Å². The summed E-state index contributed by atoms with van der Waals surface area (Å²) in [5.74, 6) is -0.179. The van der Waals surface area contributed by atoms with E-state index < -0.39 is 5.82 Å². The number of nitrogens with zero attached hydrogens (tertiary/aromatic N) is 5. The summed E-state index contributed by atoms with van der Waals surface area (Å²) >= 11 is 1.43. The third kappa shape index (κ3) is 3.91. The summed E-state index contributed by atoms with van der Waals surface area (Å²) in [7, 11) is 0. The molecule has 1 saturated carbocycles. The van der Waals surface area contributed by atoms with E-state index in [4.69, 9.17) is 15.5 Å². The zero-order valence-electron chi connectivity index (χ0n) is 16.6. The van der Waals surface area contributed by atoms with E-state index in [0.29, 0.717) is 25.0 Å². The van der Waals surface area contributed by atoms with E-state index in [1.165, 1.54) is 29.0 Å². The van der Waals surface area contributed by atoms with Crippen LogP contribution in [0.5, 0.6) is 5.88 Å². The number of nitrogens with two attached hydrogens (primary N) is 1. The van der Waals surface area contributed by atoms with Gasteiger partial charge in [0, 0.05) is 23.2 Å². The van der Waals surface area contributed by atoms with Gasteiger partial charge in [-0.2, -0.15) is 14.4 Å². The molecule has 30 heavy (non-hydrogen) atoms. The SMILES string of the molecule is Cc1nnc(CNc2nc(N)nc(OCC3CC3c3ccc4c(n3)CCC4)c2F)s1. The molecule has 0 saturated heterocycles. The van der Waals surface area contributed by atoms with Crippen LogP contribution in [0.1, 0.15) is 45.7 Å². The van der Waals surface area contributed by atoms with Crippen LogP contribution in [0.4, 0.5) is 16.2 Å². The number of hydrogen-bond donors (Lipinski definition) is 2. The molecule has 2 unspecified atom stereocenters. The lowest BCUT2D eigenvalue weighted by Gasteiger charge is -2.10. The number of nitrogens with one attached hydrogen (secondary N) is 1. The van der Waals surface area contributed by atoms with Crippen molar-refractivity contribution in [3.05, 3.63) is 44.9 Å². The summed E-state index contributed by atoms with van der Waals surface area (Å²) in [6.45, 7) is 2.53. The third-order valence-corrected chi connectivity index (χ3v) is 6.34. The normalized spacial score (nSPS) is 19.5. The molecule has 1 fully saturated rings. The molecule has 3 aromatic rings. The van der Waals surface area contributed by atoms with Gasteiger partial charge in [0.1, 0.15) is 10.0 Å². The first kappa shape index (κ1) is 19.1. The van der Waals surface area contributed by atoms with Crippen molar-refractivity contribution < 1.29 is 9.13 Å². The Hall–Kier alpha value is -2.88. The first-order valence-corrected chi connectivity index (χ1v) is 10.9. The summed E-state index contributed by atoms with van der Waals surface area (Å²) in [6.07, 6.45) is 4.36. The molecule has 0 spiro atoms. The Morgan fingerprint density at radius 2 is 2.13 bits per heavy atom. The molecular weight excluding hydrogens is 405 g/mol. The van der Waals surface area contributed by atoms with E-state index in [9.17, 15) is 4.39 Å². The van der Waals surface area contributed by atoms with Gasteiger partial charge in [-0.1, -0.05) is 17.4 Å². The number of pyridine rings is 1. The minimum Gasteiger partial charge on any atom is -0.475 e. The smallest absolute Gasteiger partial charge is 0.257 e. The van der Waals surface area contributed by atoms with Crippen LogP contribution in [-0.2, 0) is 19.4 Å². The Bertz CT molecular complexity index is 1090. The second-order valence-corrected chi connectivity index (χ2v) is 8.99. The van der Waals surface area contributed by atoms with E-state index in [1.807, 2.05) is 6.92 Å². The highest BCUT2D eigenvalue weighted by molar-refractivity contribution is 7.11. The first-order chi connectivity index (χ1) is 14.6. The molecule has 0 radical (unpaired) electrons. The van der Waals surface area contributed by atoms with Crippen LogP contribution in [0.2, 0.25) is 0 Å². The minimum atomic E-state index is -0.654. The second kappa shape index (κ2) is 7.75. The quantitative estimate of drug-likeness (QED) is 0.592. The van der Waals surface area contributed by atoms with Crippen molar-refractivity contribution in [2.24, 2.45) is 5.92 Å². The fraction of sp³-hybridized carbons (Fsp3) is 0.450. The van der Waals surface area contributed by atoms with Crippen molar-refractivity contribution in [3.63, 3.8) is 0 Å². The molecule has 8 nitrogen and oxygen atoms in total. The molecule has 5 rings (SSSR count). The fourth-order valence-electron chi connectivity index (χ4n) is 3.85. The predicted molar refractivity (Wildman–Crippen MR) is 111 cm³/mol. The van der Waals surface area contributed by atoms with Gasteiger partial charge in [-0.3, -0.25) is 4.98 Å². The summed E-state index contributed by atoms with van der Waals surface area (Å²) in [5.41, 5.74) is 9.46. The van der Waals surface area contributed by atoms with Gasteiger partial charge >= 0.3 is 0 Å². The highest BCUT2D eigenvalue weighted by atomic mass is 32.1. The fourth-order valence-corrected chi connectivity index (χ4v) is 4.50. The monoisotopic (exact) mass is 427 g/mol. The number of aromatic nitrogens is 5. The van der Waals surface area contributed by atoms with E-state index >= 15 is 0 Å². The van der Waals surface area contributed by atoms with Crippen LogP contribution < -0.4 is 15.8 Å². The molecule has 3 heterocycles. The van der Waals surface area contributed by atoms with E-state index in [-0.39, 0.29) is 17.6 Å². The summed E-state index contributed by atoms with van der Waals surface area (Å²) in [6, 6.07) is 4.32. The molecule has 156 valence electrons. The number of hydrogen-bond acceptors (Lipinski definition) is 9. The van der Waals surface area contributed by atoms with Gasteiger partial charge in [-0.05, 0) is 44.2 Å². The maximum Gasteiger partial charge on any atom is 0.257 e. The molecule has 3 N–H and O–H groups in total. The van der Waals surface area contributed by atoms with Crippen LogP contribution in [0.25, 0.3) is 0 Å². The maximum absolute atomic E-state index is 14.8. The van der Waals surface area contributed by atoms with Crippen molar-refractivity contribution in [3.8, 4) is 5.88 Å². The number of ether oxygens (including phenoxy) is 1. The minimum absolute atomic E-state index is 0.00186. The van der Waals surface area contributed by atoms with Crippen molar-refractivity contribution in [2.45, 2.75) is 45.1 Å². The molecule has 3 aromatic heterocycles.